The molecule has 7 heteroatoms. The van der Waals surface area contributed by atoms with Gasteiger partial charge in [0.05, 0.1) is 28.2 Å². The van der Waals surface area contributed by atoms with Crippen LogP contribution in [0.25, 0.3) is 11.0 Å². The normalized spacial score (nSPS) is 14.5. The van der Waals surface area contributed by atoms with Gasteiger partial charge in [0.2, 0.25) is 0 Å². The molecule has 1 fully saturated rings. The molecule has 1 amide bonds. The van der Waals surface area contributed by atoms with Crippen molar-refractivity contribution in [1.82, 2.24) is 14.5 Å². The molecule has 2 aromatic carbocycles. The summed E-state index contributed by atoms with van der Waals surface area (Å²) in [4.78, 5) is 19.6. The van der Waals surface area contributed by atoms with Crippen molar-refractivity contribution >= 4 is 28.5 Å². The van der Waals surface area contributed by atoms with Gasteiger partial charge in [0.15, 0.2) is 0 Å². The van der Waals surface area contributed by atoms with Gasteiger partial charge in [-0.25, -0.2) is 13.8 Å². The highest BCUT2D eigenvalue weighted by Crippen LogP contribution is 2.34. The van der Waals surface area contributed by atoms with Gasteiger partial charge in [-0.3, -0.25) is 4.79 Å². The Balaban J connectivity index is 1.74. The number of amides is 1. The first-order valence-electron chi connectivity index (χ1n) is 10.9. The lowest BCUT2D eigenvalue weighted by Crippen LogP contribution is -2.33. The first-order chi connectivity index (χ1) is 15.0. The van der Waals surface area contributed by atoms with Gasteiger partial charge in [-0.15, -0.1) is 0 Å². The molecule has 164 valence electrons. The van der Waals surface area contributed by atoms with E-state index in [0.29, 0.717) is 17.9 Å². The van der Waals surface area contributed by atoms with Gasteiger partial charge < -0.3 is 9.47 Å². The van der Waals surface area contributed by atoms with Gasteiger partial charge in [-0.05, 0) is 43.5 Å². The summed E-state index contributed by atoms with van der Waals surface area (Å²) in [6.07, 6.45) is 5.98. The SMILES string of the molecule is CCCCN(Cc1nc2cc(F)ccc2n1C1CCCC1)C(=O)c1c(F)cccc1Cl. The van der Waals surface area contributed by atoms with Gasteiger partial charge in [0.1, 0.15) is 17.5 Å². The van der Waals surface area contributed by atoms with Crippen molar-refractivity contribution < 1.29 is 13.6 Å². The van der Waals surface area contributed by atoms with Crippen molar-refractivity contribution in [1.29, 1.82) is 0 Å². The van der Waals surface area contributed by atoms with E-state index in [2.05, 4.69) is 9.55 Å². The quantitative estimate of drug-likeness (QED) is 0.415. The molecule has 4 nitrogen and oxygen atoms in total. The summed E-state index contributed by atoms with van der Waals surface area (Å²) in [7, 11) is 0. The molecule has 1 aromatic heterocycles. The summed E-state index contributed by atoms with van der Waals surface area (Å²) in [5.74, 6) is -0.727. The van der Waals surface area contributed by atoms with E-state index in [1.54, 1.807) is 11.0 Å². The third kappa shape index (κ3) is 4.45. The molecule has 1 aliphatic rings. The van der Waals surface area contributed by atoms with Crippen LogP contribution in [0.5, 0.6) is 0 Å². The number of carbonyl (C=O) groups is 1. The van der Waals surface area contributed by atoms with Crippen LogP contribution in [0, 0.1) is 11.6 Å². The van der Waals surface area contributed by atoms with Crippen LogP contribution in [0.3, 0.4) is 0 Å². The Kier molecular flexibility index (Phi) is 6.56. The molecule has 31 heavy (non-hydrogen) atoms. The van der Waals surface area contributed by atoms with Crippen molar-refractivity contribution in [2.75, 3.05) is 6.54 Å². The maximum absolute atomic E-state index is 14.5. The second kappa shape index (κ2) is 9.35. The lowest BCUT2D eigenvalue weighted by molar-refractivity contribution is 0.0729. The lowest BCUT2D eigenvalue weighted by atomic mass is 10.1. The third-order valence-corrected chi connectivity index (χ3v) is 6.31. The Morgan fingerprint density at radius 1 is 1.23 bits per heavy atom. The van der Waals surface area contributed by atoms with Crippen molar-refractivity contribution in [3.8, 4) is 0 Å². The van der Waals surface area contributed by atoms with Crippen LogP contribution in [-0.2, 0) is 6.54 Å². The zero-order chi connectivity index (χ0) is 22.0. The molecule has 3 aromatic rings. The van der Waals surface area contributed by atoms with Gasteiger partial charge in [0.25, 0.3) is 5.91 Å². The van der Waals surface area contributed by atoms with Crippen molar-refractivity contribution in [2.24, 2.45) is 0 Å². The minimum Gasteiger partial charge on any atom is -0.331 e. The van der Waals surface area contributed by atoms with Gasteiger partial charge in [0, 0.05) is 18.7 Å². The monoisotopic (exact) mass is 445 g/mol. The second-order valence-corrected chi connectivity index (χ2v) is 8.55. The summed E-state index contributed by atoms with van der Waals surface area (Å²) in [6.45, 7) is 2.72. The zero-order valence-electron chi connectivity index (χ0n) is 17.6. The Morgan fingerprint density at radius 3 is 2.71 bits per heavy atom. The van der Waals surface area contributed by atoms with Crippen LogP contribution in [0.4, 0.5) is 8.78 Å². The fourth-order valence-corrected chi connectivity index (χ4v) is 4.68. The standard InChI is InChI=1S/C24H26ClF2N3O/c1-2-3-13-29(24(31)23-18(25)9-6-10-19(23)27)15-22-28-20-14-16(26)11-12-21(20)30(22)17-7-4-5-8-17/h6,9-12,14,17H,2-5,7-8,13,15H2,1H3. The van der Waals surface area contributed by atoms with Crippen LogP contribution in [0.2, 0.25) is 5.02 Å². The molecule has 0 aliphatic heterocycles. The smallest absolute Gasteiger partial charge is 0.258 e. The summed E-state index contributed by atoms with van der Waals surface area (Å²) in [5.41, 5.74) is 1.33. The number of unbranched alkanes of at least 4 members (excludes halogenated alkanes) is 1. The Hall–Kier alpha value is -2.47. The van der Waals surface area contributed by atoms with Gasteiger partial charge in [-0.1, -0.05) is 43.9 Å². The Labute approximate surface area is 185 Å². The first kappa shape index (κ1) is 21.8. The van der Waals surface area contributed by atoms with Gasteiger partial charge >= 0.3 is 0 Å². The van der Waals surface area contributed by atoms with E-state index in [9.17, 15) is 13.6 Å². The van der Waals surface area contributed by atoms with E-state index in [4.69, 9.17) is 11.6 Å². The zero-order valence-corrected chi connectivity index (χ0v) is 18.3. The van der Waals surface area contributed by atoms with Crippen LogP contribution in [0.1, 0.15) is 67.7 Å². The summed E-state index contributed by atoms with van der Waals surface area (Å²) < 4.78 is 30.5. The number of carbonyl (C=O) groups excluding carboxylic acids is 1. The number of halogens is 3. The van der Waals surface area contributed by atoms with Crippen molar-refractivity contribution in [2.45, 2.75) is 58.0 Å². The molecule has 0 atom stereocenters. The predicted octanol–water partition coefficient (Wildman–Crippen LogP) is 6.53. The first-order valence-corrected chi connectivity index (χ1v) is 11.3. The fourth-order valence-electron chi connectivity index (χ4n) is 4.44. The van der Waals surface area contributed by atoms with Crippen LogP contribution in [-0.4, -0.2) is 26.9 Å². The molecular formula is C24H26ClF2N3O. The van der Waals surface area contributed by atoms with Crippen LogP contribution >= 0.6 is 11.6 Å². The maximum atomic E-state index is 14.5. The number of aromatic nitrogens is 2. The van der Waals surface area contributed by atoms with E-state index in [1.807, 2.05) is 6.92 Å². The number of rotatable bonds is 7. The molecule has 0 N–H and O–H groups in total. The van der Waals surface area contributed by atoms with E-state index in [1.165, 1.54) is 30.3 Å². The number of fused-ring (bicyclic) bond motifs is 1. The van der Waals surface area contributed by atoms with Crippen LogP contribution in [0.15, 0.2) is 36.4 Å². The summed E-state index contributed by atoms with van der Waals surface area (Å²) >= 11 is 6.17. The van der Waals surface area contributed by atoms with E-state index < -0.39 is 11.7 Å². The largest absolute Gasteiger partial charge is 0.331 e. The number of hydrogen-bond donors (Lipinski definition) is 0. The van der Waals surface area contributed by atoms with E-state index in [-0.39, 0.29) is 29.0 Å². The average Bonchev–Trinajstić information content (AvgIpc) is 3.37. The summed E-state index contributed by atoms with van der Waals surface area (Å²) in [5, 5.41) is 0.0952. The average molecular weight is 446 g/mol. The molecule has 0 unspecified atom stereocenters. The van der Waals surface area contributed by atoms with E-state index in [0.717, 1.165) is 44.0 Å². The van der Waals surface area contributed by atoms with Crippen molar-refractivity contribution in [3.63, 3.8) is 0 Å². The molecule has 0 saturated heterocycles. The van der Waals surface area contributed by atoms with E-state index >= 15 is 0 Å². The highest BCUT2D eigenvalue weighted by atomic mass is 35.5. The minimum atomic E-state index is -0.634. The molecule has 0 radical (unpaired) electrons. The molecule has 1 saturated carbocycles. The molecule has 0 bridgehead atoms. The Morgan fingerprint density at radius 2 is 2.00 bits per heavy atom. The number of hydrogen-bond acceptors (Lipinski definition) is 2. The van der Waals surface area contributed by atoms with Crippen molar-refractivity contribution in [3.05, 3.63) is 64.4 Å². The molecular weight excluding hydrogens is 420 g/mol. The number of imidazole rings is 1. The third-order valence-electron chi connectivity index (χ3n) is 5.99. The molecule has 1 aliphatic carbocycles. The predicted molar refractivity (Wildman–Crippen MR) is 118 cm³/mol. The second-order valence-electron chi connectivity index (χ2n) is 8.15. The fraction of sp³-hybridized carbons (Fsp3) is 0.417. The number of benzene rings is 2. The number of nitrogens with zero attached hydrogens (tertiary/aromatic N) is 3. The highest BCUT2D eigenvalue weighted by molar-refractivity contribution is 6.33. The maximum Gasteiger partial charge on any atom is 0.258 e. The Bertz CT molecular complexity index is 1070. The lowest BCUT2D eigenvalue weighted by Gasteiger charge is -2.25. The molecule has 4 rings (SSSR count). The van der Waals surface area contributed by atoms with Crippen LogP contribution < -0.4 is 0 Å². The highest BCUT2D eigenvalue weighted by Gasteiger charge is 2.27. The summed E-state index contributed by atoms with van der Waals surface area (Å²) in [6, 6.07) is 9.14. The molecule has 1 heterocycles. The van der Waals surface area contributed by atoms with Gasteiger partial charge in [-0.2, -0.15) is 0 Å². The topological polar surface area (TPSA) is 38.1 Å². The molecule has 0 spiro atoms. The minimum absolute atomic E-state index is 0.0952.